The lowest BCUT2D eigenvalue weighted by molar-refractivity contribution is -0.150. The molecule has 1 aromatic carbocycles. The molecule has 5 fully saturated rings. The van der Waals surface area contributed by atoms with Gasteiger partial charge in [0.1, 0.15) is 10.4 Å². The summed E-state index contributed by atoms with van der Waals surface area (Å²) in [7, 11) is -3.93. The summed E-state index contributed by atoms with van der Waals surface area (Å²) in [6.07, 6.45) is 7.27. The fourth-order valence-corrected chi connectivity index (χ4v) is 9.62. The van der Waals surface area contributed by atoms with Gasteiger partial charge in [0.05, 0.1) is 11.1 Å². The van der Waals surface area contributed by atoms with Gasteiger partial charge in [0.2, 0.25) is 15.9 Å². The van der Waals surface area contributed by atoms with E-state index in [1.54, 1.807) is 25.3 Å². The number of rotatable bonds is 4. The van der Waals surface area contributed by atoms with Gasteiger partial charge in [0, 0.05) is 24.2 Å². The molecule has 8 heteroatoms. The average molecular weight is 484 g/mol. The van der Waals surface area contributed by atoms with Crippen molar-refractivity contribution in [2.24, 2.45) is 17.8 Å². The quantitative estimate of drug-likeness (QED) is 0.696. The molecule has 1 aromatic heterocycles. The molecular weight excluding hydrogens is 450 g/mol. The number of nitrogens with zero attached hydrogens (tertiary/aromatic N) is 2. The molecular formula is C26H33N3O4S. The SMILES string of the molecule is Cc1cnc2c(S(=O)(=O)N3CCC[C@]3(C)C(=O)NC3C4CC5CC3CC(O)(C5)C4)cccc2c1. The molecule has 2 N–H and O–H groups in total. The number of nitrogens with one attached hydrogen (secondary N) is 1. The summed E-state index contributed by atoms with van der Waals surface area (Å²) in [5, 5.41) is 15.0. The molecule has 5 aliphatic rings. The molecule has 0 spiro atoms. The minimum absolute atomic E-state index is 0.0218. The lowest BCUT2D eigenvalue weighted by Crippen LogP contribution is -2.65. The van der Waals surface area contributed by atoms with E-state index in [2.05, 4.69) is 10.3 Å². The maximum absolute atomic E-state index is 13.9. The number of aromatic nitrogens is 1. The van der Waals surface area contributed by atoms with E-state index in [0.29, 0.717) is 30.8 Å². The monoisotopic (exact) mass is 483 g/mol. The first-order valence-electron chi connectivity index (χ1n) is 12.5. The molecule has 0 radical (unpaired) electrons. The van der Waals surface area contributed by atoms with Crippen LogP contribution in [0.5, 0.6) is 0 Å². The van der Waals surface area contributed by atoms with Gasteiger partial charge in [0.15, 0.2) is 0 Å². The van der Waals surface area contributed by atoms with Gasteiger partial charge >= 0.3 is 0 Å². The van der Waals surface area contributed by atoms with Crippen molar-refractivity contribution in [1.29, 1.82) is 0 Å². The van der Waals surface area contributed by atoms with Gasteiger partial charge in [-0.15, -0.1) is 0 Å². The first-order chi connectivity index (χ1) is 16.1. The number of sulfonamides is 1. The van der Waals surface area contributed by atoms with E-state index in [9.17, 15) is 18.3 Å². The van der Waals surface area contributed by atoms with Crippen LogP contribution in [0.3, 0.4) is 0 Å². The van der Waals surface area contributed by atoms with Crippen LogP contribution in [0.25, 0.3) is 10.9 Å². The highest BCUT2D eigenvalue weighted by molar-refractivity contribution is 7.89. The average Bonchev–Trinajstić information content (AvgIpc) is 3.18. The van der Waals surface area contributed by atoms with Crippen LogP contribution in [0.15, 0.2) is 35.4 Å². The smallest absolute Gasteiger partial charge is 0.246 e. The zero-order valence-corrected chi connectivity index (χ0v) is 20.6. The Kier molecular flexibility index (Phi) is 4.94. The predicted octanol–water partition coefficient (Wildman–Crippen LogP) is 3.14. The fourth-order valence-electron chi connectivity index (χ4n) is 7.64. The second-order valence-corrected chi connectivity index (χ2v) is 13.3. The van der Waals surface area contributed by atoms with Crippen LogP contribution in [-0.2, 0) is 14.8 Å². The maximum atomic E-state index is 13.9. The molecule has 2 heterocycles. The Morgan fingerprint density at radius 1 is 1.21 bits per heavy atom. The molecule has 1 aliphatic heterocycles. The number of amides is 1. The van der Waals surface area contributed by atoms with E-state index in [0.717, 1.165) is 43.1 Å². The van der Waals surface area contributed by atoms with Crippen LogP contribution >= 0.6 is 0 Å². The number of carbonyl (C=O) groups excluding carboxylic acids is 1. The number of fused-ring (bicyclic) bond motifs is 1. The van der Waals surface area contributed by atoms with Crippen LogP contribution in [0.1, 0.15) is 57.4 Å². The third-order valence-electron chi connectivity index (χ3n) is 8.98. The largest absolute Gasteiger partial charge is 0.390 e. The molecule has 4 aliphatic carbocycles. The van der Waals surface area contributed by atoms with Gasteiger partial charge in [-0.1, -0.05) is 12.1 Å². The number of carbonyl (C=O) groups is 1. The molecule has 4 bridgehead atoms. The Labute approximate surface area is 201 Å². The molecule has 34 heavy (non-hydrogen) atoms. The molecule has 3 atom stereocenters. The number of pyridine rings is 1. The van der Waals surface area contributed by atoms with E-state index in [4.69, 9.17) is 0 Å². The van der Waals surface area contributed by atoms with Crippen molar-refractivity contribution in [1.82, 2.24) is 14.6 Å². The zero-order chi connectivity index (χ0) is 23.9. The Balaban J connectivity index is 1.30. The second-order valence-electron chi connectivity index (χ2n) is 11.5. The topological polar surface area (TPSA) is 99.6 Å². The Bertz CT molecular complexity index is 1260. The summed E-state index contributed by atoms with van der Waals surface area (Å²) >= 11 is 0. The van der Waals surface area contributed by atoms with Crippen molar-refractivity contribution in [3.63, 3.8) is 0 Å². The second kappa shape index (κ2) is 7.48. The highest BCUT2D eigenvalue weighted by Gasteiger charge is 2.57. The number of hydrogen-bond donors (Lipinski definition) is 2. The highest BCUT2D eigenvalue weighted by atomic mass is 32.2. The minimum Gasteiger partial charge on any atom is -0.390 e. The number of benzene rings is 1. The predicted molar refractivity (Wildman–Crippen MR) is 128 cm³/mol. The summed E-state index contributed by atoms with van der Waals surface area (Å²) in [6.45, 7) is 4.01. The molecule has 4 saturated carbocycles. The molecule has 7 rings (SSSR count). The van der Waals surface area contributed by atoms with Gasteiger partial charge in [-0.05, 0) is 94.2 Å². The van der Waals surface area contributed by atoms with E-state index in [-0.39, 0.29) is 28.7 Å². The highest BCUT2D eigenvalue weighted by Crippen LogP contribution is 2.55. The summed E-state index contributed by atoms with van der Waals surface area (Å²) in [5.41, 5.74) is -0.300. The molecule has 7 nitrogen and oxygen atoms in total. The molecule has 1 saturated heterocycles. The first-order valence-corrected chi connectivity index (χ1v) is 13.9. The van der Waals surface area contributed by atoms with Gasteiger partial charge in [-0.2, -0.15) is 4.31 Å². The van der Waals surface area contributed by atoms with Crippen molar-refractivity contribution in [2.45, 2.75) is 80.9 Å². The molecule has 1 amide bonds. The zero-order valence-electron chi connectivity index (χ0n) is 19.8. The minimum atomic E-state index is -3.93. The third-order valence-corrected chi connectivity index (χ3v) is 11.0. The fraction of sp³-hybridized carbons (Fsp3) is 0.615. The van der Waals surface area contributed by atoms with Crippen LogP contribution in [0, 0.1) is 24.7 Å². The van der Waals surface area contributed by atoms with Gasteiger partial charge in [0.25, 0.3) is 0 Å². The molecule has 2 aromatic rings. The van der Waals surface area contributed by atoms with Crippen LogP contribution in [-0.4, -0.2) is 52.4 Å². The summed E-state index contributed by atoms with van der Waals surface area (Å²) in [4.78, 5) is 18.3. The number of aryl methyl sites for hydroxylation is 1. The summed E-state index contributed by atoms with van der Waals surface area (Å²) in [5.74, 6) is 0.903. The van der Waals surface area contributed by atoms with Crippen LogP contribution < -0.4 is 5.32 Å². The van der Waals surface area contributed by atoms with E-state index in [1.165, 1.54) is 4.31 Å². The van der Waals surface area contributed by atoms with E-state index >= 15 is 0 Å². The molecule has 2 unspecified atom stereocenters. The van der Waals surface area contributed by atoms with Crippen LogP contribution in [0.2, 0.25) is 0 Å². The summed E-state index contributed by atoms with van der Waals surface area (Å²) < 4.78 is 29.2. The molecule has 182 valence electrons. The van der Waals surface area contributed by atoms with E-state index < -0.39 is 21.2 Å². The van der Waals surface area contributed by atoms with Gasteiger partial charge < -0.3 is 10.4 Å². The lowest BCUT2D eigenvalue weighted by Gasteiger charge is -2.58. The van der Waals surface area contributed by atoms with Crippen molar-refractivity contribution < 1.29 is 18.3 Å². The van der Waals surface area contributed by atoms with Crippen molar-refractivity contribution in [2.75, 3.05) is 6.54 Å². The Morgan fingerprint density at radius 2 is 1.94 bits per heavy atom. The van der Waals surface area contributed by atoms with Crippen molar-refractivity contribution in [3.05, 3.63) is 36.0 Å². The number of aliphatic hydroxyl groups is 1. The first kappa shape index (κ1) is 22.4. The van der Waals surface area contributed by atoms with E-state index in [1.807, 2.05) is 19.1 Å². The summed E-state index contributed by atoms with van der Waals surface area (Å²) in [6, 6.07) is 7.15. The maximum Gasteiger partial charge on any atom is 0.246 e. The van der Waals surface area contributed by atoms with Gasteiger partial charge in [-0.25, -0.2) is 8.42 Å². The van der Waals surface area contributed by atoms with Crippen molar-refractivity contribution >= 4 is 26.8 Å². The number of hydrogen-bond acceptors (Lipinski definition) is 5. The lowest BCUT2D eigenvalue weighted by atomic mass is 9.52. The Morgan fingerprint density at radius 3 is 2.65 bits per heavy atom. The van der Waals surface area contributed by atoms with Crippen LogP contribution in [0.4, 0.5) is 0 Å². The van der Waals surface area contributed by atoms with Gasteiger partial charge in [-0.3, -0.25) is 9.78 Å². The number of para-hydroxylation sites is 1. The van der Waals surface area contributed by atoms with Crippen molar-refractivity contribution in [3.8, 4) is 0 Å². The normalized spacial score (nSPS) is 37.4. The third kappa shape index (κ3) is 3.33. The standard InChI is InChI=1S/C26H33N3O4S/c1-16-9-18-5-3-6-21(23(18)27-15-16)34(32,33)29-8-4-7-25(29,2)24(30)28-22-19-10-17-11-20(22)14-26(31,12-17)13-19/h3,5-6,9,15,17,19-20,22,31H,4,7-8,10-14H2,1-2H3,(H,28,30)/t17?,19?,20?,22?,25-,26?/m1/s1. The Hall–Kier alpha value is -2.03.